The quantitative estimate of drug-likeness (QED) is 0.611. The van der Waals surface area contributed by atoms with Crippen LogP contribution >= 0.6 is 11.3 Å². The van der Waals surface area contributed by atoms with Crippen molar-refractivity contribution in [3.63, 3.8) is 0 Å². The van der Waals surface area contributed by atoms with Gasteiger partial charge in [-0.05, 0) is 77.8 Å². The monoisotopic (exact) mass is 517 g/mol. The number of nitrogens with two attached hydrogens (primary N) is 1. The number of carbonyl (C=O) groups excluding carboxylic acids is 3. The molecule has 3 fully saturated rings. The lowest BCUT2D eigenvalue weighted by atomic mass is 9.74. The summed E-state index contributed by atoms with van der Waals surface area (Å²) in [6.45, 7) is 9.37. The van der Waals surface area contributed by atoms with Crippen molar-refractivity contribution in [2.24, 2.45) is 11.3 Å². The normalized spacial score (nSPS) is 28.7. The second kappa shape index (κ2) is 9.63. The number of hydrogen-bond donors (Lipinski definition) is 1. The zero-order chi connectivity index (χ0) is 25.7. The minimum atomic E-state index is -0.383. The van der Waals surface area contributed by atoms with Crippen LogP contribution in [0.25, 0.3) is 0 Å². The highest BCUT2D eigenvalue weighted by Crippen LogP contribution is 2.47. The molecular weight excluding hydrogens is 478 g/mol. The first-order valence-corrected chi connectivity index (χ1v) is 14.3. The second-order valence-electron chi connectivity index (χ2n) is 11.6. The standard InChI is InChI=1S/C27H39N3O5S/c1-4-34-24(32)17-6-7-19-20(14-17)36-22(28)21(19)23(31)29-12-8-18(9-13-29)30-11-5-10-27(16-30)15-26(2,3)35-25(27)33/h17-18H,4-16,28H2,1-3H3. The number of ether oxygens (including phenoxy) is 2. The first kappa shape index (κ1) is 25.5. The molecule has 1 spiro atoms. The molecule has 3 saturated heterocycles. The molecule has 0 saturated carbocycles. The number of carbonyl (C=O) groups is 3. The fourth-order valence-corrected chi connectivity index (χ4v) is 8.16. The Morgan fingerprint density at radius 3 is 2.61 bits per heavy atom. The molecule has 198 valence electrons. The lowest BCUT2D eigenvalue weighted by molar-refractivity contribution is -0.155. The van der Waals surface area contributed by atoms with E-state index in [1.54, 1.807) is 0 Å². The summed E-state index contributed by atoms with van der Waals surface area (Å²) in [4.78, 5) is 44.0. The molecule has 4 heterocycles. The van der Waals surface area contributed by atoms with Crippen LogP contribution in [-0.4, -0.2) is 72.1 Å². The number of likely N-dealkylation sites (tertiary alicyclic amines) is 2. The van der Waals surface area contributed by atoms with Gasteiger partial charge in [-0.15, -0.1) is 11.3 Å². The summed E-state index contributed by atoms with van der Waals surface area (Å²) in [6, 6.07) is 0.377. The van der Waals surface area contributed by atoms with E-state index in [9.17, 15) is 14.4 Å². The zero-order valence-electron chi connectivity index (χ0n) is 21.8. The van der Waals surface area contributed by atoms with Crippen LogP contribution in [-0.2, 0) is 31.9 Å². The van der Waals surface area contributed by atoms with E-state index < -0.39 is 0 Å². The maximum absolute atomic E-state index is 13.6. The van der Waals surface area contributed by atoms with Gasteiger partial charge >= 0.3 is 11.9 Å². The van der Waals surface area contributed by atoms with Crippen molar-refractivity contribution < 1.29 is 23.9 Å². The summed E-state index contributed by atoms with van der Waals surface area (Å²) in [5.74, 6) is -0.314. The zero-order valence-corrected chi connectivity index (χ0v) is 22.6. The number of rotatable bonds is 4. The molecule has 0 bridgehead atoms. The molecule has 36 heavy (non-hydrogen) atoms. The lowest BCUT2D eigenvalue weighted by Crippen LogP contribution is -2.53. The van der Waals surface area contributed by atoms with E-state index in [0.29, 0.717) is 55.6 Å². The molecule has 0 aromatic carbocycles. The average Bonchev–Trinajstić information content (AvgIpc) is 3.28. The summed E-state index contributed by atoms with van der Waals surface area (Å²) in [5, 5.41) is 0.567. The lowest BCUT2D eigenvalue weighted by Gasteiger charge is -2.44. The Hall–Kier alpha value is -2.13. The molecule has 1 aliphatic carbocycles. The first-order valence-electron chi connectivity index (χ1n) is 13.5. The van der Waals surface area contributed by atoms with Crippen molar-refractivity contribution in [3.8, 4) is 0 Å². The predicted molar refractivity (Wildman–Crippen MR) is 138 cm³/mol. The molecule has 3 aliphatic heterocycles. The van der Waals surface area contributed by atoms with E-state index in [1.807, 2.05) is 25.7 Å². The number of esters is 2. The summed E-state index contributed by atoms with van der Waals surface area (Å²) in [6.07, 6.45) is 6.49. The third kappa shape index (κ3) is 4.64. The molecule has 1 amide bonds. The Morgan fingerprint density at radius 1 is 1.19 bits per heavy atom. The number of thiophene rings is 1. The highest BCUT2D eigenvalue weighted by molar-refractivity contribution is 7.16. The number of nitrogens with zero attached hydrogens (tertiary/aromatic N) is 2. The van der Waals surface area contributed by atoms with E-state index in [1.165, 1.54) is 11.3 Å². The summed E-state index contributed by atoms with van der Waals surface area (Å²) < 4.78 is 10.9. The van der Waals surface area contributed by atoms with Gasteiger partial charge in [0, 0.05) is 37.0 Å². The average molecular weight is 518 g/mol. The van der Waals surface area contributed by atoms with Gasteiger partial charge in [-0.1, -0.05) is 0 Å². The maximum atomic E-state index is 13.6. The van der Waals surface area contributed by atoms with Crippen molar-refractivity contribution in [1.29, 1.82) is 0 Å². The van der Waals surface area contributed by atoms with E-state index in [2.05, 4.69) is 4.90 Å². The summed E-state index contributed by atoms with van der Waals surface area (Å²) >= 11 is 1.45. The van der Waals surface area contributed by atoms with Crippen molar-refractivity contribution >= 4 is 34.2 Å². The van der Waals surface area contributed by atoms with Gasteiger partial charge in [0.05, 0.1) is 28.5 Å². The minimum Gasteiger partial charge on any atom is -0.466 e. The first-order chi connectivity index (χ1) is 17.1. The van der Waals surface area contributed by atoms with E-state index in [0.717, 1.165) is 55.6 Å². The highest BCUT2D eigenvalue weighted by atomic mass is 32.1. The number of anilines is 1. The Morgan fingerprint density at radius 2 is 1.94 bits per heavy atom. The fraction of sp³-hybridized carbons (Fsp3) is 0.741. The summed E-state index contributed by atoms with van der Waals surface area (Å²) in [5.41, 5.74) is 7.29. The van der Waals surface area contributed by atoms with Crippen molar-refractivity contribution in [2.45, 2.75) is 83.8 Å². The largest absolute Gasteiger partial charge is 0.466 e. The SMILES string of the molecule is CCOC(=O)C1CCc2c(sc(N)c2C(=O)N2CCC(N3CCCC4(C3)CC(C)(C)OC4=O)CC2)C1. The number of nitrogen functional groups attached to an aromatic ring is 1. The van der Waals surface area contributed by atoms with Gasteiger partial charge in [-0.25, -0.2) is 0 Å². The number of fused-ring (bicyclic) bond motifs is 1. The smallest absolute Gasteiger partial charge is 0.314 e. The molecule has 5 rings (SSSR count). The van der Waals surface area contributed by atoms with Gasteiger partial charge in [-0.3, -0.25) is 19.3 Å². The van der Waals surface area contributed by atoms with Crippen molar-refractivity contribution in [2.75, 3.05) is 38.5 Å². The second-order valence-corrected chi connectivity index (χ2v) is 12.8. The number of amides is 1. The van der Waals surface area contributed by atoms with E-state index in [-0.39, 0.29) is 34.8 Å². The van der Waals surface area contributed by atoms with Crippen LogP contribution in [0.15, 0.2) is 0 Å². The van der Waals surface area contributed by atoms with Gasteiger partial charge < -0.3 is 20.1 Å². The van der Waals surface area contributed by atoms with Crippen LogP contribution in [0.4, 0.5) is 5.00 Å². The van der Waals surface area contributed by atoms with Crippen LogP contribution in [0.1, 0.15) is 80.1 Å². The maximum Gasteiger partial charge on any atom is 0.314 e. The molecule has 8 nitrogen and oxygen atoms in total. The van der Waals surface area contributed by atoms with E-state index >= 15 is 0 Å². The van der Waals surface area contributed by atoms with Gasteiger partial charge in [0.25, 0.3) is 5.91 Å². The van der Waals surface area contributed by atoms with Crippen LogP contribution in [0.5, 0.6) is 0 Å². The van der Waals surface area contributed by atoms with Gasteiger partial charge in [0.15, 0.2) is 0 Å². The molecule has 0 radical (unpaired) electrons. The molecular formula is C27H39N3O5S. The molecule has 9 heteroatoms. The number of hydrogen-bond acceptors (Lipinski definition) is 8. The van der Waals surface area contributed by atoms with E-state index in [4.69, 9.17) is 15.2 Å². The Kier molecular flexibility index (Phi) is 6.83. The minimum absolute atomic E-state index is 0.0225. The third-order valence-corrected chi connectivity index (χ3v) is 9.65. The van der Waals surface area contributed by atoms with Crippen LogP contribution in [0.2, 0.25) is 0 Å². The Labute approximate surface area is 217 Å². The molecule has 1 aromatic rings. The van der Waals surface area contributed by atoms with Crippen molar-refractivity contribution in [3.05, 3.63) is 16.0 Å². The van der Waals surface area contributed by atoms with Gasteiger partial charge in [0.1, 0.15) is 5.60 Å². The molecule has 1 aromatic heterocycles. The Balaban J connectivity index is 1.21. The van der Waals surface area contributed by atoms with Crippen LogP contribution < -0.4 is 5.73 Å². The van der Waals surface area contributed by atoms with Crippen LogP contribution in [0.3, 0.4) is 0 Å². The molecule has 4 aliphatic rings. The third-order valence-electron chi connectivity index (χ3n) is 8.57. The molecule has 2 atom stereocenters. The fourth-order valence-electron chi connectivity index (χ4n) is 6.97. The van der Waals surface area contributed by atoms with Gasteiger partial charge in [-0.2, -0.15) is 0 Å². The number of cyclic esters (lactones) is 1. The van der Waals surface area contributed by atoms with Gasteiger partial charge in [0.2, 0.25) is 0 Å². The number of piperidine rings is 2. The highest BCUT2D eigenvalue weighted by Gasteiger charge is 2.54. The summed E-state index contributed by atoms with van der Waals surface area (Å²) in [7, 11) is 0. The molecule has 2 unspecified atom stereocenters. The van der Waals surface area contributed by atoms with Crippen molar-refractivity contribution in [1.82, 2.24) is 9.80 Å². The Bertz CT molecular complexity index is 1040. The predicted octanol–water partition coefficient (Wildman–Crippen LogP) is 3.41. The molecule has 2 N–H and O–H groups in total. The topological polar surface area (TPSA) is 102 Å². The van der Waals surface area contributed by atoms with Crippen LogP contribution in [0, 0.1) is 11.3 Å².